The Balaban J connectivity index is 2.17. The first-order valence-corrected chi connectivity index (χ1v) is 7.56. The topological polar surface area (TPSA) is 32.7 Å². The average Bonchev–Trinajstić information content (AvgIpc) is 2.52. The van der Waals surface area contributed by atoms with Crippen LogP contribution in [-0.4, -0.2) is 30.8 Å². The van der Waals surface area contributed by atoms with Crippen LogP contribution in [0.1, 0.15) is 28.3 Å². The molecule has 0 saturated heterocycles. The molecule has 0 radical (unpaired) electrons. The molecule has 1 unspecified atom stereocenters. The molecule has 2 aromatic rings. The number of ether oxygens (including phenoxy) is 1. The molecule has 0 fully saturated rings. The van der Waals surface area contributed by atoms with Crippen molar-refractivity contribution < 1.29 is 9.84 Å². The van der Waals surface area contributed by atoms with E-state index in [0.29, 0.717) is 0 Å². The molecule has 0 saturated carbocycles. The van der Waals surface area contributed by atoms with Crippen molar-refractivity contribution in [3.63, 3.8) is 0 Å². The maximum atomic E-state index is 9.81. The van der Waals surface area contributed by atoms with Crippen LogP contribution in [0.25, 0.3) is 0 Å². The summed E-state index contributed by atoms with van der Waals surface area (Å²) in [6.45, 7) is 5.14. The van der Waals surface area contributed by atoms with Gasteiger partial charge in [-0.3, -0.25) is 4.90 Å². The van der Waals surface area contributed by atoms with E-state index in [0.717, 1.165) is 17.9 Å². The zero-order chi connectivity index (χ0) is 16.1. The second-order valence-electron chi connectivity index (χ2n) is 5.82. The van der Waals surface area contributed by atoms with Crippen molar-refractivity contribution in [3.05, 3.63) is 64.7 Å². The first kappa shape index (κ1) is 16.5. The molecule has 0 aromatic heterocycles. The third-order valence-corrected chi connectivity index (χ3v) is 4.13. The lowest BCUT2D eigenvalue weighted by Gasteiger charge is -2.27. The largest absolute Gasteiger partial charge is 0.497 e. The summed E-state index contributed by atoms with van der Waals surface area (Å²) in [5, 5.41) is 9.81. The van der Waals surface area contributed by atoms with E-state index >= 15 is 0 Å². The zero-order valence-electron chi connectivity index (χ0n) is 13.8. The summed E-state index contributed by atoms with van der Waals surface area (Å²) in [5.41, 5.74) is 4.94. The van der Waals surface area contributed by atoms with Crippen molar-refractivity contribution >= 4 is 0 Å². The number of likely N-dealkylation sites (N-methyl/N-ethyl adjacent to an activating group) is 1. The number of benzene rings is 2. The Morgan fingerprint density at radius 1 is 1.09 bits per heavy atom. The van der Waals surface area contributed by atoms with Gasteiger partial charge in [0.15, 0.2) is 0 Å². The summed E-state index contributed by atoms with van der Waals surface area (Å²) >= 11 is 0. The fraction of sp³-hybridized carbons (Fsp3) is 0.368. The Morgan fingerprint density at radius 2 is 1.77 bits per heavy atom. The van der Waals surface area contributed by atoms with Crippen LogP contribution >= 0.6 is 0 Å². The first-order valence-electron chi connectivity index (χ1n) is 7.56. The fourth-order valence-electron chi connectivity index (χ4n) is 2.67. The third kappa shape index (κ3) is 3.87. The molecule has 2 aromatic carbocycles. The number of aliphatic hydroxyl groups excluding tert-OH is 1. The summed E-state index contributed by atoms with van der Waals surface area (Å²) in [6.07, 6.45) is 0. The molecule has 1 atom stereocenters. The maximum absolute atomic E-state index is 9.81. The van der Waals surface area contributed by atoms with E-state index < -0.39 is 0 Å². The standard InChI is InChI=1S/C19H25NO2/c1-14-5-6-15(2)17(11-14)12-20(3)19(13-21)16-7-9-18(22-4)10-8-16/h5-11,19,21H,12-13H2,1-4H3. The molecule has 0 aliphatic heterocycles. The van der Waals surface area contributed by atoms with Crippen LogP contribution in [0, 0.1) is 13.8 Å². The molecular weight excluding hydrogens is 274 g/mol. The van der Waals surface area contributed by atoms with Gasteiger partial charge in [0.1, 0.15) is 5.75 Å². The van der Waals surface area contributed by atoms with Gasteiger partial charge in [0.05, 0.1) is 19.8 Å². The Hall–Kier alpha value is -1.84. The summed E-state index contributed by atoms with van der Waals surface area (Å²) in [4.78, 5) is 2.18. The minimum Gasteiger partial charge on any atom is -0.497 e. The molecule has 0 aliphatic carbocycles. The van der Waals surface area contributed by atoms with Crippen LogP contribution < -0.4 is 4.74 Å². The lowest BCUT2D eigenvalue weighted by molar-refractivity contribution is 0.142. The quantitative estimate of drug-likeness (QED) is 0.886. The van der Waals surface area contributed by atoms with E-state index in [9.17, 15) is 5.11 Å². The fourth-order valence-corrected chi connectivity index (χ4v) is 2.67. The van der Waals surface area contributed by atoms with E-state index in [-0.39, 0.29) is 12.6 Å². The SMILES string of the molecule is COc1ccc(C(CO)N(C)Cc2cc(C)ccc2C)cc1. The van der Waals surface area contributed by atoms with Crippen molar-refractivity contribution in [2.75, 3.05) is 20.8 Å². The molecule has 2 rings (SSSR count). The van der Waals surface area contributed by atoms with Crippen molar-refractivity contribution in [1.82, 2.24) is 4.90 Å². The Kier molecular flexibility index (Phi) is 5.58. The molecule has 22 heavy (non-hydrogen) atoms. The maximum Gasteiger partial charge on any atom is 0.118 e. The minimum absolute atomic E-state index is 0.0224. The Bertz CT molecular complexity index is 607. The first-order chi connectivity index (χ1) is 10.5. The van der Waals surface area contributed by atoms with Gasteiger partial charge in [-0.1, -0.05) is 35.9 Å². The van der Waals surface area contributed by atoms with Crippen LogP contribution in [0.15, 0.2) is 42.5 Å². The predicted octanol–water partition coefficient (Wildman–Crippen LogP) is 3.48. The molecule has 0 spiro atoms. The number of methoxy groups -OCH3 is 1. The number of aryl methyl sites for hydroxylation is 2. The van der Waals surface area contributed by atoms with Gasteiger partial charge in [-0.05, 0) is 49.7 Å². The van der Waals surface area contributed by atoms with Crippen LogP contribution in [0.5, 0.6) is 5.75 Å². The number of hydrogen-bond donors (Lipinski definition) is 1. The van der Waals surface area contributed by atoms with Crippen molar-refractivity contribution in [1.29, 1.82) is 0 Å². The summed E-state index contributed by atoms with van der Waals surface area (Å²) in [5.74, 6) is 0.831. The Morgan fingerprint density at radius 3 is 2.36 bits per heavy atom. The van der Waals surface area contributed by atoms with Gasteiger partial charge in [0.2, 0.25) is 0 Å². The van der Waals surface area contributed by atoms with Gasteiger partial charge in [0.25, 0.3) is 0 Å². The van der Waals surface area contributed by atoms with Crippen LogP contribution in [0.2, 0.25) is 0 Å². The van der Waals surface area contributed by atoms with E-state index in [2.05, 4.69) is 36.9 Å². The third-order valence-electron chi connectivity index (χ3n) is 4.13. The predicted molar refractivity (Wildman–Crippen MR) is 90.2 cm³/mol. The highest BCUT2D eigenvalue weighted by Gasteiger charge is 2.17. The molecule has 0 aliphatic rings. The normalized spacial score (nSPS) is 12.5. The average molecular weight is 299 g/mol. The molecule has 1 N–H and O–H groups in total. The van der Waals surface area contributed by atoms with Gasteiger partial charge in [-0.2, -0.15) is 0 Å². The number of nitrogens with zero attached hydrogens (tertiary/aromatic N) is 1. The van der Waals surface area contributed by atoms with Gasteiger partial charge in [0, 0.05) is 6.54 Å². The highest BCUT2D eigenvalue weighted by atomic mass is 16.5. The summed E-state index contributed by atoms with van der Waals surface area (Å²) in [6, 6.07) is 14.4. The van der Waals surface area contributed by atoms with E-state index in [1.165, 1.54) is 16.7 Å². The molecule has 0 bridgehead atoms. The van der Waals surface area contributed by atoms with Gasteiger partial charge in [-0.25, -0.2) is 0 Å². The molecule has 118 valence electrons. The highest BCUT2D eigenvalue weighted by Crippen LogP contribution is 2.24. The second-order valence-corrected chi connectivity index (χ2v) is 5.82. The summed E-state index contributed by atoms with van der Waals surface area (Å²) in [7, 11) is 3.71. The minimum atomic E-state index is -0.0224. The molecule has 0 amide bonds. The number of hydrogen-bond acceptors (Lipinski definition) is 3. The monoisotopic (exact) mass is 299 g/mol. The van der Waals surface area contributed by atoms with Crippen LogP contribution in [0.4, 0.5) is 0 Å². The smallest absolute Gasteiger partial charge is 0.118 e. The lowest BCUT2D eigenvalue weighted by Crippen LogP contribution is -2.27. The van der Waals surface area contributed by atoms with E-state index in [4.69, 9.17) is 4.74 Å². The molecule has 0 heterocycles. The van der Waals surface area contributed by atoms with Crippen molar-refractivity contribution in [3.8, 4) is 5.75 Å². The molecule has 3 nitrogen and oxygen atoms in total. The highest BCUT2D eigenvalue weighted by molar-refractivity contribution is 5.32. The zero-order valence-corrected chi connectivity index (χ0v) is 13.8. The molecule has 3 heteroatoms. The van der Waals surface area contributed by atoms with E-state index in [1.807, 2.05) is 31.3 Å². The van der Waals surface area contributed by atoms with E-state index in [1.54, 1.807) is 7.11 Å². The van der Waals surface area contributed by atoms with Crippen molar-refractivity contribution in [2.45, 2.75) is 26.4 Å². The van der Waals surface area contributed by atoms with Crippen LogP contribution in [-0.2, 0) is 6.54 Å². The Labute approximate surface area is 133 Å². The number of aliphatic hydroxyl groups is 1. The number of rotatable bonds is 6. The summed E-state index contributed by atoms with van der Waals surface area (Å²) < 4.78 is 5.19. The second kappa shape index (κ2) is 7.43. The van der Waals surface area contributed by atoms with Gasteiger partial charge < -0.3 is 9.84 Å². The van der Waals surface area contributed by atoms with Crippen molar-refractivity contribution in [2.24, 2.45) is 0 Å². The van der Waals surface area contributed by atoms with Gasteiger partial charge >= 0.3 is 0 Å². The molecular formula is C19H25NO2. The van der Waals surface area contributed by atoms with Gasteiger partial charge in [-0.15, -0.1) is 0 Å². The lowest BCUT2D eigenvalue weighted by atomic mass is 10.0. The van der Waals surface area contributed by atoms with Crippen LogP contribution in [0.3, 0.4) is 0 Å².